The first-order valence-electron chi connectivity index (χ1n) is 6.97. The molecule has 0 bridgehead atoms. The van der Waals surface area contributed by atoms with E-state index in [0.717, 1.165) is 30.4 Å². The van der Waals surface area contributed by atoms with Crippen LogP contribution in [0.2, 0.25) is 0 Å². The first-order valence-corrected chi connectivity index (χ1v) is 7.76. The van der Waals surface area contributed by atoms with Gasteiger partial charge in [-0.3, -0.25) is 4.79 Å². The summed E-state index contributed by atoms with van der Waals surface area (Å²) in [5.74, 6) is 0.567. The molecule has 1 aliphatic rings. The Morgan fingerprint density at radius 2 is 2.10 bits per heavy atom. The maximum absolute atomic E-state index is 12.3. The second-order valence-corrected chi connectivity index (χ2v) is 5.89. The lowest BCUT2D eigenvalue weighted by atomic mass is 10.1. The monoisotopic (exact) mass is 341 g/mol. The molecule has 1 unspecified atom stereocenters. The molecule has 1 atom stereocenters. The number of hydrogen-bond donors (Lipinski definition) is 1. The molecule has 1 fully saturated rings. The Morgan fingerprint density at radius 3 is 2.75 bits per heavy atom. The van der Waals surface area contributed by atoms with Crippen molar-refractivity contribution in [2.45, 2.75) is 38.9 Å². The number of amides is 1. The van der Waals surface area contributed by atoms with Crippen LogP contribution in [0.4, 0.5) is 0 Å². The zero-order chi connectivity index (χ0) is 14.5. The van der Waals surface area contributed by atoms with Crippen LogP contribution >= 0.6 is 15.9 Å². The number of rotatable bonds is 4. The van der Waals surface area contributed by atoms with Crippen molar-refractivity contribution >= 4 is 21.8 Å². The average molecular weight is 342 g/mol. The van der Waals surface area contributed by atoms with E-state index in [1.165, 1.54) is 6.42 Å². The van der Waals surface area contributed by atoms with Gasteiger partial charge in [-0.2, -0.15) is 0 Å². The molecule has 0 radical (unpaired) electrons. The van der Waals surface area contributed by atoms with Crippen molar-refractivity contribution in [2.75, 3.05) is 13.1 Å². The Kier molecular flexibility index (Phi) is 5.43. The SMILES string of the molecule is CC(Oc1c(Br)cccc1CO)C(=O)N1CCCCC1. The highest BCUT2D eigenvalue weighted by molar-refractivity contribution is 9.10. The van der Waals surface area contributed by atoms with E-state index in [-0.39, 0.29) is 12.5 Å². The molecule has 1 N–H and O–H groups in total. The minimum atomic E-state index is -0.544. The Bertz CT molecular complexity index is 472. The van der Waals surface area contributed by atoms with Gasteiger partial charge in [-0.05, 0) is 48.2 Å². The van der Waals surface area contributed by atoms with Gasteiger partial charge in [-0.25, -0.2) is 0 Å². The van der Waals surface area contributed by atoms with Gasteiger partial charge in [0.05, 0.1) is 11.1 Å². The van der Waals surface area contributed by atoms with Crippen molar-refractivity contribution in [2.24, 2.45) is 0 Å². The van der Waals surface area contributed by atoms with Gasteiger partial charge in [0.15, 0.2) is 6.10 Å². The zero-order valence-electron chi connectivity index (χ0n) is 11.6. The van der Waals surface area contributed by atoms with Crippen molar-refractivity contribution in [3.05, 3.63) is 28.2 Å². The van der Waals surface area contributed by atoms with E-state index < -0.39 is 6.10 Å². The second-order valence-electron chi connectivity index (χ2n) is 5.03. The summed E-state index contributed by atoms with van der Waals surface area (Å²) in [6, 6.07) is 5.46. The van der Waals surface area contributed by atoms with Gasteiger partial charge < -0.3 is 14.7 Å². The highest BCUT2D eigenvalue weighted by Crippen LogP contribution is 2.30. The number of ether oxygens (including phenoxy) is 1. The van der Waals surface area contributed by atoms with Crippen LogP contribution in [0.15, 0.2) is 22.7 Å². The van der Waals surface area contributed by atoms with Crippen LogP contribution in [0.3, 0.4) is 0 Å². The molecule has 5 heteroatoms. The van der Waals surface area contributed by atoms with E-state index in [9.17, 15) is 9.90 Å². The quantitative estimate of drug-likeness (QED) is 0.915. The van der Waals surface area contributed by atoms with Gasteiger partial charge in [0.1, 0.15) is 5.75 Å². The van der Waals surface area contributed by atoms with E-state index in [2.05, 4.69) is 15.9 Å². The molecular weight excluding hydrogens is 322 g/mol. The van der Waals surface area contributed by atoms with Crippen molar-refractivity contribution < 1.29 is 14.6 Å². The Balaban J connectivity index is 2.07. The second kappa shape index (κ2) is 7.09. The fraction of sp³-hybridized carbons (Fsp3) is 0.533. The number of aliphatic hydroxyl groups is 1. The predicted molar refractivity (Wildman–Crippen MR) is 80.6 cm³/mol. The van der Waals surface area contributed by atoms with Crippen molar-refractivity contribution in [3.8, 4) is 5.75 Å². The van der Waals surface area contributed by atoms with Crippen LogP contribution in [0.25, 0.3) is 0 Å². The molecule has 2 rings (SSSR count). The lowest BCUT2D eigenvalue weighted by molar-refractivity contribution is -0.138. The molecule has 1 aromatic rings. The van der Waals surface area contributed by atoms with Gasteiger partial charge in [-0.15, -0.1) is 0 Å². The summed E-state index contributed by atoms with van der Waals surface area (Å²) in [5, 5.41) is 9.35. The molecule has 4 nitrogen and oxygen atoms in total. The van der Waals surface area contributed by atoms with E-state index in [0.29, 0.717) is 11.3 Å². The van der Waals surface area contributed by atoms with Crippen LogP contribution in [0.5, 0.6) is 5.75 Å². The third-order valence-electron chi connectivity index (χ3n) is 3.53. The lowest BCUT2D eigenvalue weighted by Gasteiger charge is -2.29. The first kappa shape index (κ1) is 15.3. The van der Waals surface area contributed by atoms with Gasteiger partial charge >= 0.3 is 0 Å². The van der Waals surface area contributed by atoms with Crippen LogP contribution in [0, 0.1) is 0 Å². The topological polar surface area (TPSA) is 49.8 Å². The van der Waals surface area contributed by atoms with Gasteiger partial charge in [-0.1, -0.05) is 12.1 Å². The molecule has 1 amide bonds. The largest absolute Gasteiger partial charge is 0.479 e. The Morgan fingerprint density at radius 1 is 1.40 bits per heavy atom. The molecule has 1 saturated heterocycles. The van der Waals surface area contributed by atoms with Gasteiger partial charge in [0.25, 0.3) is 5.91 Å². The molecule has 20 heavy (non-hydrogen) atoms. The number of halogens is 1. The first-order chi connectivity index (χ1) is 9.63. The van der Waals surface area contributed by atoms with Crippen LogP contribution < -0.4 is 4.74 Å². The normalized spacial score (nSPS) is 16.9. The molecule has 0 spiro atoms. The molecule has 1 heterocycles. The summed E-state index contributed by atoms with van der Waals surface area (Å²) in [5.41, 5.74) is 0.678. The standard InChI is InChI=1S/C15H20BrNO3/c1-11(15(19)17-8-3-2-4-9-17)20-14-12(10-18)6-5-7-13(14)16/h5-7,11,18H,2-4,8-10H2,1H3. The number of likely N-dealkylation sites (tertiary alicyclic amines) is 1. The van der Waals surface area contributed by atoms with Crippen LogP contribution in [0.1, 0.15) is 31.7 Å². The zero-order valence-corrected chi connectivity index (χ0v) is 13.2. The van der Waals surface area contributed by atoms with E-state index in [1.807, 2.05) is 17.0 Å². The number of benzene rings is 1. The summed E-state index contributed by atoms with van der Waals surface area (Å²) in [7, 11) is 0. The minimum absolute atomic E-state index is 0.0179. The summed E-state index contributed by atoms with van der Waals surface area (Å²) in [6.45, 7) is 3.28. The molecular formula is C15H20BrNO3. The predicted octanol–water partition coefficient (Wildman–Crippen LogP) is 2.72. The maximum atomic E-state index is 12.3. The third kappa shape index (κ3) is 3.52. The molecule has 0 aliphatic carbocycles. The van der Waals surface area contributed by atoms with Gasteiger partial charge in [0, 0.05) is 18.7 Å². The van der Waals surface area contributed by atoms with Crippen LogP contribution in [-0.4, -0.2) is 35.1 Å². The number of carbonyl (C=O) groups is 1. The highest BCUT2D eigenvalue weighted by Gasteiger charge is 2.24. The summed E-state index contributed by atoms with van der Waals surface area (Å²) >= 11 is 3.40. The Hall–Kier alpha value is -1.07. The van der Waals surface area contributed by atoms with Crippen molar-refractivity contribution in [3.63, 3.8) is 0 Å². The smallest absolute Gasteiger partial charge is 0.263 e. The van der Waals surface area contributed by atoms with Crippen molar-refractivity contribution in [1.29, 1.82) is 0 Å². The number of aliphatic hydroxyl groups excluding tert-OH is 1. The molecule has 1 aliphatic heterocycles. The lowest BCUT2D eigenvalue weighted by Crippen LogP contribution is -2.43. The summed E-state index contributed by atoms with van der Waals surface area (Å²) < 4.78 is 6.54. The Labute approximate surface area is 127 Å². The van der Waals surface area contributed by atoms with E-state index in [1.54, 1.807) is 13.0 Å². The third-order valence-corrected chi connectivity index (χ3v) is 4.15. The molecule has 0 saturated carbocycles. The highest BCUT2D eigenvalue weighted by atomic mass is 79.9. The fourth-order valence-corrected chi connectivity index (χ4v) is 2.91. The number of nitrogens with zero attached hydrogens (tertiary/aromatic N) is 1. The molecule has 0 aromatic heterocycles. The van der Waals surface area contributed by atoms with E-state index >= 15 is 0 Å². The molecule has 1 aromatic carbocycles. The number of carbonyl (C=O) groups excluding carboxylic acids is 1. The molecule has 110 valence electrons. The minimum Gasteiger partial charge on any atom is -0.479 e. The average Bonchev–Trinajstić information content (AvgIpc) is 2.49. The summed E-state index contributed by atoms with van der Waals surface area (Å²) in [6.07, 6.45) is 2.78. The summed E-state index contributed by atoms with van der Waals surface area (Å²) in [4.78, 5) is 14.2. The number of piperidine rings is 1. The fourth-order valence-electron chi connectivity index (χ4n) is 2.41. The number of para-hydroxylation sites is 1. The number of hydrogen-bond acceptors (Lipinski definition) is 3. The van der Waals surface area contributed by atoms with Crippen LogP contribution in [-0.2, 0) is 11.4 Å². The van der Waals surface area contributed by atoms with Gasteiger partial charge in [0.2, 0.25) is 0 Å². The van der Waals surface area contributed by atoms with Crippen molar-refractivity contribution in [1.82, 2.24) is 4.90 Å². The maximum Gasteiger partial charge on any atom is 0.263 e. The van der Waals surface area contributed by atoms with E-state index in [4.69, 9.17) is 4.74 Å².